The van der Waals surface area contributed by atoms with Gasteiger partial charge in [-0.15, -0.1) is 0 Å². The molecule has 0 saturated heterocycles. The number of aryl methyl sites for hydroxylation is 1. The number of hydrogen-bond donors (Lipinski definition) is 0. The average Bonchev–Trinajstić information content (AvgIpc) is 2.46. The van der Waals surface area contributed by atoms with Crippen LogP contribution >= 0.6 is 0 Å². The van der Waals surface area contributed by atoms with E-state index in [1.54, 1.807) is 0 Å². The van der Waals surface area contributed by atoms with Gasteiger partial charge in [0, 0.05) is 5.92 Å². The highest BCUT2D eigenvalue weighted by Gasteiger charge is 2.31. The molecule has 0 amide bonds. The quantitative estimate of drug-likeness (QED) is 0.774. The molecule has 19 heavy (non-hydrogen) atoms. The van der Waals surface area contributed by atoms with E-state index in [-0.39, 0.29) is 5.92 Å². The Bertz CT molecular complexity index is 642. The molecule has 2 heteroatoms. The predicted octanol–water partition coefficient (Wildman–Crippen LogP) is 3.55. The van der Waals surface area contributed by atoms with Gasteiger partial charge in [-0.05, 0) is 23.6 Å². The van der Waals surface area contributed by atoms with Crippen molar-refractivity contribution in [3.63, 3.8) is 0 Å². The van der Waals surface area contributed by atoms with Crippen LogP contribution in [-0.4, -0.2) is 6.10 Å². The topological polar surface area (TPSA) is 33.0 Å². The number of nitriles is 1. The molecule has 94 valence electrons. The minimum Gasteiger partial charge on any atom is -0.358 e. The zero-order chi connectivity index (χ0) is 13.2. The molecule has 1 aliphatic rings. The number of rotatable bonds is 1. The van der Waals surface area contributed by atoms with Crippen LogP contribution in [0.5, 0.6) is 0 Å². The van der Waals surface area contributed by atoms with E-state index < -0.39 is 6.10 Å². The Labute approximate surface area is 113 Å². The van der Waals surface area contributed by atoms with E-state index in [0.29, 0.717) is 6.61 Å². The number of fused-ring (bicyclic) bond motifs is 1. The summed E-state index contributed by atoms with van der Waals surface area (Å²) in [6.45, 7) is 2.59. The van der Waals surface area contributed by atoms with Gasteiger partial charge in [0.05, 0.1) is 12.7 Å². The summed E-state index contributed by atoms with van der Waals surface area (Å²) in [5.41, 5.74) is 4.75. The Hall–Kier alpha value is -2.11. The summed E-state index contributed by atoms with van der Waals surface area (Å²) in [6, 6.07) is 18.8. The van der Waals surface area contributed by atoms with Crippen molar-refractivity contribution in [2.45, 2.75) is 25.6 Å². The Morgan fingerprint density at radius 1 is 1.16 bits per heavy atom. The zero-order valence-corrected chi connectivity index (χ0v) is 10.8. The second-order valence-corrected chi connectivity index (χ2v) is 4.95. The van der Waals surface area contributed by atoms with Gasteiger partial charge < -0.3 is 4.74 Å². The van der Waals surface area contributed by atoms with Crippen molar-refractivity contribution in [3.8, 4) is 6.07 Å². The molecule has 2 unspecified atom stereocenters. The van der Waals surface area contributed by atoms with E-state index in [4.69, 9.17) is 4.74 Å². The third-order valence-corrected chi connectivity index (χ3v) is 3.64. The van der Waals surface area contributed by atoms with Crippen LogP contribution in [0.4, 0.5) is 0 Å². The molecule has 0 saturated carbocycles. The standard InChI is InChI=1S/C17H15NO/c1-12-5-4-7-13(9-12)17-15-8-3-2-6-14(15)11-19-16(17)10-18/h2-9,16-17H,11H2,1H3. The fraction of sp³-hybridized carbons (Fsp3) is 0.235. The van der Waals surface area contributed by atoms with Crippen LogP contribution in [0.25, 0.3) is 0 Å². The molecular weight excluding hydrogens is 234 g/mol. The maximum Gasteiger partial charge on any atom is 0.155 e. The first kappa shape index (κ1) is 12.0. The lowest BCUT2D eigenvalue weighted by atomic mass is 9.82. The molecule has 2 aromatic rings. The molecule has 0 aliphatic carbocycles. The molecule has 2 nitrogen and oxygen atoms in total. The fourth-order valence-corrected chi connectivity index (χ4v) is 2.74. The average molecular weight is 249 g/mol. The molecule has 1 heterocycles. The number of nitrogens with zero attached hydrogens (tertiary/aromatic N) is 1. The molecule has 0 bridgehead atoms. The van der Waals surface area contributed by atoms with Gasteiger partial charge in [-0.25, -0.2) is 0 Å². The van der Waals surface area contributed by atoms with Crippen molar-refractivity contribution in [3.05, 3.63) is 70.8 Å². The van der Waals surface area contributed by atoms with E-state index in [1.165, 1.54) is 16.7 Å². The molecule has 0 radical (unpaired) electrons. The molecule has 0 aromatic heterocycles. The molecule has 1 aliphatic heterocycles. The third kappa shape index (κ3) is 2.14. The normalized spacial score (nSPS) is 21.5. The number of hydrogen-bond acceptors (Lipinski definition) is 2. The smallest absolute Gasteiger partial charge is 0.155 e. The first-order valence-corrected chi connectivity index (χ1v) is 6.45. The third-order valence-electron chi connectivity index (χ3n) is 3.64. The van der Waals surface area contributed by atoms with Crippen molar-refractivity contribution in [1.82, 2.24) is 0 Å². The first-order valence-electron chi connectivity index (χ1n) is 6.45. The van der Waals surface area contributed by atoms with Crippen molar-refractivity contribution in [1.29, 1.82) is 5.26 Å². The van der Waals surface area contributed by atoms with Crippen LogP contribution < -0.4 is 0 Å². The van der Waals surface area contributed by atoms with Crippen LogP contribution in [0.3, 0.4) is 0 Å². The van der Waals surface area contributed by atoms with Gasteiger partial charge in [0.1, 0.15) is 0 Å². The van der Waals surface area contributed by atoms with Crippen molar-refractivity contribution >= 4 is 0 Å². The molecule has 2 atom stereocenters. The molecule has 3 rings (SSSR count). The van der Waals surface area contributed by atoms with Gasteiger partial charge in [0.2, 0.25) is 0 Å². The number of benzene rings is 2. The van der Waals surface area contributed by atoms with Gasteiger partial charge in [-0.3, -0.25) is 0 Å². The lowest BCUT2D eigenvalue weighted by molar-refractivity contribution is 0.0523. The van der Waals surface area contributed by atoms with Crippen LogP contribution in [0, 0.1) is 18.3 Å². The molecule has 0 N–H and O–H groups in total. The second kappa shape index (κ2) is 4.87. The van der Waals surface area contributed by atoms with Gasteiger partial charge >= 0.3 is 0 Å². The summed E-state index contributed by atoms with van der Waals surface area (Å²) in [4.78, 5) is 0. The van der Waals surface area contributed by atoms with E-state index in [2.05, 4.69) is 43.3 Å². The van der Waals surface area contributed by atoms with Gasteiger partial charge in [0.15, 0.2) is 6.10 Å². The van der Waals surface area contributed by atoms with E-state index in [9.17, 15) is 5.26 Å². The Balaban J connectivity index is 2.14. The van der Waals surface area contributed by atoms with Crippen molar-refractivity contribution < 1.29 is 4.74 Å². The highest BCUT2D eigenvalue weighted by Crippen LogP contribution is 2.36. The first-order chi connectivity index (χ1) is 9.29. The Morgan fingerprint density at radius 2 is 2.00 bits per heavy atom. The summed E-state index contributed by atoms with van der Waals surface area (Å²) >= 11 is 0. The van der Waals surface area contributed by atoms with Gasteiger partial charge in [-0.1, -0.05) is 54.1 Å². The highest BCUT2D eigenvalue weighted by atomic mass is 16.5. The minimum atomic E-state index is -0.406. The summed E-state index contributed by atoms with van der Waals surface area (Å²) in [6.07, 6.45) is -0.406. The van der Waals surface area contributed by atoms with Crippen LogP contribution in [-0.2, 0) is 11.3 Å². The zero-order valence-electron chi connectivity index (χ0n) is 10.8. The fourth-order valence-electron chi connectivity index (χ4n) is 2.74. The molecule has 0 fully saturated rings. The van der Waals surface area contributed by atoms with Gasteiger partial charge in [-0.2, -0.15) is 5.26 Å². The SMILES string of the molecule is Cc1cccc(C2c3ccccc3COC2C#N)c1. The van der Waals surface area contributed by atoms with Crippen molar-refractivity contribution in [2.75, 3.05) is 0 Å². The molecule has 2 aromatic carbocycles. The molecule has 0 spiro atoms. The predicted molar refractivity (Wildman–Crippen MR) is 73.7 cm³/mol. The summed E-state index contributed by atoms with van der Waals surface area (Å²) in [5, 5.41) is 9.34. The Morgan fingerprint density at radius 3 is 2.79 bits per heavy atom. The van der Waals surface area contributed by atoms with E-state index in [1.807, 2.05) is 18.2 Å². The monoisotopic (exact) mass is 249 g/mol. The maximum absolute atomic E-state index is 9.34. The Kier molecular flexibility index (Phi) is 3.06. The summed E-state index contributed by atoms with van der Waals surface area (Å²) in [7, 11) is 0. The number of ether oxygens (including phenoxy) is 1. The van der Waals surface area contributed by atoms with Crippen LogP contribution in [0.1, 0.15) is 28.2 Å². The van der Waals surface area contributed by atoms with Crippen LogP contribution in [0.2, 0.25) is 0 Å². The summed E-state index contributed by atoms with van der Waals surface area (Å²) in [5.74, 6) is 0.00912. The largest absolute Gasteiger partial charge is 0.358 e. The lowest BCUT2D eigenvalue weighted by Crippen LogP contribution is -2.27. The van der Waals surface area contributed by atoms with E-state index >= 15 is 0 Å². The van der Waals surface area contributed by atoms with E-state index in [0.717, 1.165) is 5.56 Å². The van der Waals surface area contributed by atoms with Crippen molar-refractivity contribution in [2.24, 2.45) is 0 Å². The summed E-state index contributed by atoms with van der Waals surface area (Å²) < 4.78 is 5.70. The highest BCUT2D eigenvalue weighted by molar-refractivity contribution is 5.42. The maximum atomic E-state index is 9.34. The lowest BCUT2D eigenvalue weighted by Gasteiger charge is -2.30. The van der Waals surface area contributed by atoms with Gasteiger partial charge in [0.25, 0.3) is 0 Å². The van der Waals surface area contributed by atoms with Crippen LogP contribution in [0.15, 0.2) is 48.5 Å². The minimum absolute atomic E-state index is 0.00912. The second-order valence-electron chi connectivity index (χ2n) is 4.95. The molecular formula is C17H15NO.